The molecule has 2 aliphatic rings. The van der Waals surface area contributed by atoms with Crippen molar-refractivity contribution in [1.29, 1.82) is 0 Å². The minimum Gasteiger partial charge on any atom is -0.413 e. The van der Waals surface area contributed by atoms with E-state index in [1.807, 2.05) is 0 Å². The molecule has 0 amide bonds. The van der Waals surface area contributed by atoms with Crippen molar-refractivity contribution in [2.45, 2.75) is 142 Å². The van der Waals surface area contributed by atoms with E-state index in [2.05, 4.69) is 93.4 Å². The first-order chi connectivity index (χ1) is 15.4. The van der Waals surface area contributed by atoms with Crippen LogP contribution in [0.4, 0.5) is 0 Å². The SMILES string of the molecule is C=C1C[C@@H]2[C@H](/C=C/[C@H](CCCCC)O[Si](C)(C)C(C)(C)C)[C@H](O[Si](C)(C)C(C)(C)C)C[C@@H]2C1O. The predicted octanol–water partition coefficient (Wildman–Crippen LogP) is 8.48. The van der Waals surface area contributed by atoms with Crippen LogP contribution in [0.2, 0.25) is 36.3 Å². The summed E-state index contributed by atoms with van der Waals surface area (Å²) in [5.74, 6) is 1.03. The molecule has 1 unspecified atom stereocenters. The second kappa shape index (κ2) is 11.0. The zero-order valence-corrected chi connectivity index (χ0v) is 26.3. The van der Waals surface area contributed by atoms with Crippen molar-refractivity contribution in [3.8, 4) is 0 Å². The monoisotopic (exact) mass is 508 g/mol. The van der Waals surface area contributed by atoms with Gasteiger partial charge in [-0.3, -0.25) is 0 Å². The first-order valence-corrected chi connectivity index (χ1v) is 19.6. The summed E-state index contributed by atoms with van der Waals surface area (Å²) in [6.07, 6.45) is 11.4. The molecule has 6 atom stereocenters. The lowest BCUT2D eigenvalue weighted by atomic mass is 9.90. The molecule has 0 aliphatic heterocycles. The van der Waals surface area contributed by atoms with Gasteiger partial charge >= 0.3 is 0 Å². The molecular weight excluding hydrogens is 452 g/mol. The fraction of sp³-hybridized carbons (Fsp3) is 0.862. The van der Waals surface area contributed by atoms with E-state index in [0.29, 0.717) is 11.8 Å². The number of hydrogen-bond acceptors (Lipinski definition) is 3. The number of unbranched alkanes of at least 4 members (excludes halogenated alkanes) is 2. The second-order valence-corrected chi connectivity index (χ2v) is 23.7. The number of aliphatic hydroxyl groups excluding tert-OH is 1. The maximum Gasteiger partial charge on any atom is 0.192 e. The van der Waals surface area contributed by atoms with Crippen LogP contribution in [-0.4, -0.2) is 40.1 Å². The Balaban J connectivity index is 2.30. The third-order valence-corrected chi connectivity index (χ3v) is 18.5. The average molecular weight is 509 g/mol. The number of rotatable bonds is 10. The quantitative estimate of drug-likeness (QED) is 0.183. The van der Waals surface area contributed by atoms with Gasteiger partial charge in [-0.2, -0.15) is 0 Å². The molecule has 1 N–H and O–H groups in total. The van der Waals surface area contributed by atoms with Crippen LogP contribution < -0.4 is 0 Å². The maximum atomic E-state index is 10.8. The minimum atomic E-state index is -1.91. The largest absolute Gasteiger partial charge is 0.413 e. The highest BCUT2D eigenvalue weighted by Gasteiger charge is 2.52. The molecule has 198 valence electrons. The molecule has 0 spiro atoms. The minimum absolute atomic E-state index is 0.162. The molecule has 0 aromatic heterocycles. The fourth-order valence-corrected chi connectivity index (χ4v) is 7.75. The lowest BCUT2D eigenvalue weighted by Crippen LogP contribution is -2.45. The number of hydrogen-bond donors (Lipinski definition) is 1. The van der Waals surface area contributed by atoms with Crippen LogP contribution in [-0.2, 0) is 8.85 Å². The van der Waals surface area contributed by atoms with Crippen molar-refractivity contribution in [3.05, 3.63) is 24.3 Å². The molecule has 2 saturated carbocycles. The van der Waals surface area contributed by atoms with Gasteiger partial charge in [0.1, 0.15) is 0 Å². The van der Waals surface area contributed by atoms with Crippen LogP contribution >= 0.6 is 0 Å². The van der Waals surface area contributed by atoms with Crippen LogP contribution in [0.3, 0.4) is 0 Å². The standard InChI is InChI=1S/C29H56O3Si2/c1-13-14-15-16-22(31-33(9,10)28(3,4)5)17-18-23-24-19-21(2)27(30)25(24)20-26(23)32-34(11,12)29(6,7)8/h17-18,22-27,30H,2,13-16,19-20H2,1,3-12H3/b18-17+/t22-,23-,24+,25-,26+,27?/m0/s1. The van der Waals surface area contributed by atoms with E-state index < -0.39 is 16.6 Å². The molecule has 2 fully saturated rings. The smallest absolute Gasteiger partial charge is 0.192 e. The molecule has 0 heterocycles. The molecule has 0 bridgehead atoms. The summed E-state index contributed by atoms with van der Waals surface area (Å²) >= 11 is 0. The molecule has 3 nitrogen and oxygen atoms in total. The zero-order valence-electron chi connectivity index (χ0n) is 24.3. The van der Waals surface area contributed by atoms with Gasteiger partial charge in [0.15, 0.2) is 16.6 Å². The van der Waals surface area contributed by atoms with Crippen molar-refractivity contribution in [3.63, 3.8) is 0 Å². The fourth-order valence-electron chi connectivity index (χ4n) is 5.08. The molecule has 0 aromatic rings. The Morgan fingerprint density at radius 2 is 1.59 bits per heavy atom. The summed E-state index contributed by atoms with van der Waals surface area (Å²) in [5, 5.41) is 11.2. The normalized spacial score (nSPS) is 29.8. The highest BCUT2D eigenvalue weighted by atomic mass is 28.4. The van der Waals surface area contributed by atoms with Gasteiger partial charge in [-0.05, 0) is 72.9 Å². The Hall–Kier alpha value is -0.206. The van der Waals surface area contributed by atoms with Crippen LogP contribution in [0.25, 0.3) is 0 Å². The van der Waals surface area contributed by atoms with Crippen LogP contribution in [0.5, 0.6) is 0 Å². The molecule has 2 rings (SSSR count). The van der Waals surface area contributed by atoms with Crippen molar-refractivity contribution in [1.82, 2.24) is 0 Å². The van der Waals surface area contributed by atoms with Crippen LogP contribution in [0.15, 0.2) is 24.3 Å². The van der Waals surface area contributed by atoms with E-state index in [0.717, 1.165) is 24.8 Å². The topological polar surface area (TPSA) is 38.7 Å². The first kappa shape index (κ1) is 30.0. The summed E-state index contributed by atoms with van der Waals surface area (Å²) < 4.78 is 13.9. The van der Waals surface area contributed by atoms with E-state index in [1.165, 1.54) is 19.3 Å². The summed E-state index contributed by atoms with van der Waals surface area (Å²) in [6, 6.07) is 0. The molecule has 0 radical (unpaired) electrons. The van der Waals surface area contributed by atoms with E-state index in [4.69, 9.17) is 8.85 Å². The molecule has 2 aliphatic carbocycles. The van der Waals surface area contributed by atoms with Gasteiger partial charge in [0.05, 0.1) is 18.3 Å². The van der Waals surface area contributed by atoms with E-state index in [-0.39, 0.29) is 34.3 Å². The molecule has 0 saturated heterocycles. The van der Waals surface area contributed by atoms with Gasteiger partial charge in [0.25, 0.3) is 0 Å². The Kier molecular flexibility index (Phi) is 9.75. The summed E-state index contributed by atoms with van der Waals surface area (Å²) in [7, 11) is -3.77. The first-order valence-electron chi connectivity index (χ1n) is 13.8. The molecule has 5 heteroatoms. The summed E-state index contributed by atoms with van der Waals surface area (Å²) in [5.41, 5.74) is 1.01. The lowest BCUT2D eigenvalue weighted by molar-refractivity contribution is 0.128. The molecular formula is C29H56O3Si2. The van der Waals surface area contributed by atoms with Crippen LogP contribution in [0, 0.1) is 17.8 Å². The van der Waals surface area contributed by atoms with Gasteiger partial charge in [0.2, 0.25) is 0 Å². The molecule has 34 heavy (non-hydrogen) atoms. The average Bonchev–Trinajstić information content (AvgIpc) is 3.13. The Bertz CT molecular complexity index is 714. The van der Waals surface area contributed by atoms with E-state index >= 15 is 0 Å². The molecule has 0 aromatic carbocycles. The summed E-state index contributed by atoms with van der Waals surface area (Å²) in [6.45, 7) is 29.8. The van der Waals surface area contributed by atoms with E-state index in [1.54, 1.807) is 0 Å². The van der Waals surface area contributed by atoms with Gasteiger partial charge in [-0.25, -0.2) is 0 Å². The van der Waals surface area contributed by atoms with Crippen molar-refractivity contribution in [2.75, 3.05) is 0 Å². The number of fused-ring (bicyclic) bond motifs is 1. The lowest BCUT2D eigenvalue weighted by Gasteiger charge is -2.40. The third-order valence-electron chi connectivity index (χ3n) is 9.44. The highest BCUT2D eigenvalue weighted by Crippen LogP contribution is 2.53. The Morgan fingerprint density at radius 1 is 1.00 bits per heavy atom. The van der Waals surface area contributed by atoms with Gasteiger partial charge in [-0.1, -0.05) is 86.5 Å². The van der Waals surface area contributed by atoms with E-state index in [9.17, 15) is 5.11 Å². The Morgan fingerprint density at radius 3 is 2.12 bits per heavy atom. The van der Waals surface area contributed by atoms with Gasteiger partial charge in [0, 0.05) is 5.92 Å². The van der Waals surface area contributed by atoms with Crippen molar-refractivity contribution < 1.29 is 14.0 Å². The second-order valence-electron chi connectivity index (χ2n) is 14.2. The van der Waals surface area contributed by atoms with Crippen LogP contribution in [0.1, 0.15) is 87.0 Å². The zero-order chi connectivity index (χ0) is 26.1. The maximum absolute atomic E-state index is 10.8. The Labute approximate surface area is 214 Å². The van der Waals surface area contributed by atoms with Gasteiger partial charge in [-0.15, -0.1) is 0 Å². The highest BCUT2D eigenvalue weighted by molar-refractivity contribution is 6.74. The third kappa shape index (κ3) is 6.96. The van der Waals surface area contributed by atoms with Crippen molar-refractivity contribution in [2.24, 2.45) is 17.8 Å². The van der Waals surface area contributed by atoms with Crippen molar-refractivity contribution >= 4 is 16.6 Å². The van der Waals surface area contributed by atoms with Gasteiger partial charge < -0.3 is 14.0 Å². The summed E-state index contributed by atoms with van der Waals surface area (Å²) in [4.78, 5) is 0. The number of aliphatic hydroxyl groups is 1. The predicted molar refractivity (Wildman–Crippen MR) is 152 cm³/mol.